The van der Waals surface area contributed by atoms with Gasteiger partial charge in [0, 0.05) is 36.4 Å². The van der Waals surface area contributed by atoms with Crippen molar-refractivity contribution in [3.05, 3.63) is 29.5 Å². The molecule has 1 aromatic carbocycles. The highest BCUT2D eigenvalue weighted by atomic mass is 32.2. The summed E-state index contributed by atoms with van der Waals surface area (Å²) in [5.74, 6) is -1.34. The zero-order chi connectivity index (χ0) is 21.7. The van der Waals surface area contributed by atoms with Gasteiger partial charge in [0.05, 0.1) is 18.9 Å². The van der Waals surface area contributed by atoms with E-state index in [0.717, 1.165) is 48.0 Å². The number of thioether (sulfide) groups is 1. The van der Waals surface area contributed by atoms with Gasteiger partial charge < -0.3 is 19.3 Å². The lowest BCUT2D eigenvalue weighted by molar-refractivity contribution is -0.146. The molecule has 0 radical (unpaired) electrons. The van der Waals surface area contributed by atoms with Gasteiger partial charge in [0.15, 0.2) is 10.7 Å². The maximum atomic E-state index is 12.4. The summed E-state index contributed by atoms with van der Waals surface area (Å²) in [5, 5.41) is 1.05. The number of fused-ring (bicyclic) bond motifs is 3. The van der Waals surface area contributed by atoms with Gasteiger partial charge in [-0.15, -0.1) is 0 Å². The summed E-state index contributed by atoms with van der Waals surface area (Å²) in [6.45, 7) is 10.3. The number of carbonyl (C=O) groups excluding carboxylic acids is 2. The number of amidine groups is 1. The molecular formula is C22H29N3O4S. The first kappa shape index (κ1) is 22.2. The van der Waals surface area contributed by atoms with Gasteiger partial charge >= 0.3 is 11.9 Å². The third kappa shape index (κ3) is 4.48. The van der Waals surface area contributed by atoms with Crippen LogP contribution in [0.4, 0.5) is 11.4 Å². The number of hydrogen-bond acceptors (Lipinski definition) is 8. The van der Waals surface area contributed by atoms with Gasteiger partial charge in [-0.3, -0.25) is 4.99 Å². The van der Waals surface area contributed by atoms with Crippen molar-refractivity contribution in [1.29, 1.82) is 0 Å². The molecule has 0 spiro atoms. The number of anilines is 2. The van der Waals surface area contributed by atoms with Crippen molar-refractivity contribution in [3.63, 3.8) is 0 Å². The van der Waals surface area contributed by atoms with Crippen LogP contribution in [0.25, 0.3) is 0 Å². The molecule has 162 valence electrons. The average molecular weight is 432 g/mol. The van der Waals surface area contributed by atoms with Gasteiger partial charge in [0.25, 0.3) is 0 Å². The summed E-state index contributed by atoms with van der Waals surface area (Å²) in [6, 6.07) is 4.34. The molecule has 0 atom stereocenters. The second kappa shape index (κ2) is 10.0. The van der Waals surface area contributed by atoms with Crippen LogP contribution in [-0.4, -0.2) is 50.0 Å². The van der Waals surface area contributed by atoms with Crippen molar-refractivity contribution in [2.45, 2.75) is 45.4 Å². The lowest BCUT2D eigenvalue weighted by atomic mass is 10.1. The summed E-state index contributed by atoms with van der Waals surface area (Å²) in [7, 11) is 0. The number of aryl methyl sites for hydroxylation is 1. The number of benzene rings is 1. The quantitative estimate of drug-likeness (QED) is 0.269. The minimum Gasteiger partial charge on any atom is -0.462 e. The van der Waals surface area contributed by atoms with E-state index in [1.165, 1.54) is 4.90 Å². The Kier molecular flexibility index (Phi) is 7.42. The fourth-order valence-corrected chi connectivity index (χ4v) is 4.66. The van der Waals surface area contributed by atoms with Crippen LogP contribution in [0.1, 0.15) is 39.7 Å². The number of rotatable bonds is 8. The lowest BCUT2D eigenvalue weighted by Gasteiger charge is -2.26. The number of carbonyl (C=O) groups is 2. The van der Waals surface area contributed by atoms with Gasteiger partial charge in [0.1, 0.15) is 0 Å². The Morgan fingerprint density at radius 2 is 1.87 bits per heavy atom. The van der Waals surface area contributed by atoms with E-state index in [-0.39, 0.29) is 18.8 Å². The molecule has 1 aromatic rings. The van der Waals surface area contributed by atoms with Gasteiger partial charge in [-0.25, -0.2) is 9.59 Å². The SMILES string of the molecule is CCOC(=O)C(=CN(CC)c1cc2c(cc1CC)SC1=NCCCN12)C(=O)OCC. The molecule has 0 fully saturated rings. The van der Waals surface area contributed by atoms with Crippen LogP contribution in [0.5, 0.6) is 0 Å². The standard InChI is InChI=1S/C22H29N3O4S/c1-5-15-12-19-18(25-11-9-10-23-22(25)30-19)13-17(15)24(6-2)14-16(20(26)28-7-3)21(27)29-8-4/h12-14H,5-11H2,1-4H3. The fourth-order valence-electron chi connectivity index (χ4n) is 3.53. The van der Waals surface area contributed by atoms with Crippen molar-refractivity contribution in [1.82, 2.24) is 0 Å². The highest BCUT2D eigenvalue weighted by molar-refractivity contribution is 8.14. The van der Waals surface area contributed by atoms with Crippen LogP contribution >= 0.6 is 11.8 Å². The molecule has 0 bridgehead atoms. The van der Waals surface area contributed by atoms with Crippen LogP contribution < -0.4 is 9.80 Å². The maximum Gasteiger partial charge on any atom is 0.347 e. The summed E-state index contributed by atoms with van der Waals surface area (Å²) < 4.78 is 10.2. The molecule has 30 heavy (non-hydrogen) atoms. The Morgan fingerprint density at radius 1 is 1.17 bits per heavy atom. The van der Waals surface area contributed by atoms with E-state index >= 15 is 0 Å². The minimum atomic E-state index is -0.672. The molecule has 0 unspecified atom stereocenters. The van der Waals surface area contributed by atoms with Crippen molar-refractivity contribution in [2.75, 3.05) is 42.6 Å². The molecule has 8 heteroatoms. The Balaban J connectivity index is 2.04. The lowest BCUT2D eigenvalue weighted by Crippen LogP contribution is -2.30. The highest BCUT2D eigenvalue weighted by Crippen LogP contribution is 2.45. The predicted molar refractivity (Wildman–Crippen MR) is 120 cm³/mol. The number of aliphatic imine (C=N–C) groups is 1. The maximum absolute atomic E-state index is 12.4. The van der Waals surface area contributed by atoms with E-state index in [4.69, 9.17) is 9.47 Å². The van der Waals surface area contributed by atoms with Gasteiger partial charge in [-0.05, 0) is 63.1 Å². The predicted octanol–water partition coefficient (Wildman–Crippen LogP) is 3.76. The van der Waals surface area contributed by atoms with E-state index in [9.17, 15) is 9.59 Å². The van der Waals surface area contributed by atoms with Gasteiger partial charge in [-0.1, -0.05) is 6.92 Å². The number of esters is 2. The Bertz CT molecular complexity index is 861. The Hall–Kier alpha value is -2.48. The average Bonchev–Trinajstić information content (AvgIpc) is 3.11. The summed E-state index contributed by atoms with van der Waals surface area (Å²) >= 11 is 1.71. The number of nitrogens with zero attached hydrogens (tertiary/aromatic N) is 3. The number of ether oxygens (including phenoxy) is 2. The second-order valence-corrected chi connectivity index (χ2v) is 7.85. The molecule has 2 aliphatic heterocycles. The fraction of sp³-hybridized carbons (Fsp3) is 0.500. The van der Waals surface area contributed by atoms with E-state index in [2.05, 4.69) is 28.9 Å². The first-order chi connectivity index (χ1) is 14.5. The van der Waals surface area contributed by atoms with Crippen molar-refractivity contribution < 1.29 is 19.1 Å². The number of hydrogen-bond donors (Lipinski definition) is 0. The molecule has 0 amide bonds. The largest absolute Gasteiger partial charge is 0.462 e. The molecular weight excluding hydrogens is 402 g/mol. The summed E-state index contributed by atoms with van der Waals surface area (Å²) in [6.07, 6.45) is 3.42. The van der Waals surface area contributed by atoms with Crippen molar-refractivity contribution in [3.8, 4) is 0 Å². The molecule has 2 heterocycles. The smallest absolute Gasteiger partial charge is 0.347 e. The Labute approximate surface area is 182 Å². The summed E-state index contributed by atoms with van der Waals surface area (Å²) in [5.41, 5.74) is 3.15. The van der Waals surface area contributed by atoms with Crippen molar-refractivity contribution in [2.24, 2.45) is 4.99 Å². The first-order valence-corrected chi connectivity index (χ1v) is 11.3. The molecule has 0 saturated heterocycles. The monoisotopic (exact) mass is 431 g/mol. The van der Waals surface area contributed by atoms with E-state index in [1.807, 2.05) is 11.8 Å². The van der Waals surface area contributed by atoms with E-state index < -0.39 is 11.9 Å². The molecule has 0 saturated carbocycles. The zero-order valence-corrected chi connectivity index (χ0v) is 18.9. The van der Waals surface area contributed by atoms with Crippen LogP contribution in [-0.2, 0) is 25.5 Å². The third-order valence-corrected chi connectivity index (χ3v) is 6.06. The van der Waals surface area contributed by atoms with Crippen LogP contribution in [0.15, 0.2) is 33.8 Å². The van der Waals surface area contributed by atoms with Gasteiger partial charge in [0.2, 0.25) is 0 Å². The molecule has 0 aromatic heterocycles. The molecule has 2 aliphatic rings. The minimum absolute atomic E-state index is 0.0994. The van der Waals surface area contributed by atoms with E-state index in [0.29, 0.717) is 6.54 Å². The van der Waals surface area contributed by atoms with Crippen LogP contribution in [0, 0.1) is 0 Å². The third-order valence-electron chi connectivity index (χ3n) is 4.98. The molecule has 7 nitrogen and oxygen atoms in total. The molecule has 3 rings (SSSR count). The zero-order valence-electron chi connectivity index (χ0n) is 18.1. The molecule has 0 N–H and O–H groups in total. The first-order valence-electron chi connectivity index (χ1n) is 10.5. The van der Waals surface area contributed by atoms with Gasteiger partial charge in [-0.2, -0.15) is 0 Å². The highest BCUT2D eigenvalue weighted by Gasteiger charge is 2.30. The van der Waals surface area contributed by atoms with E-state index in [1.54, 1.807) is 31.8 Å². The van der Waals surface area contributed by atoms with Crippen molar-refractivity contribution >= 4 is 40.2 Å². The Morgan fingerprint density at radius 3 is 2.47 bits per heavy atom. The normalized spacial score (nSPS) is 14.4. The second-order valence-electron chi connectivity index (χ2n) is 6.84. The van der Waals surface area contributed by atoms with Crippen LogP contribution in [0.2, 0.25) is 0 Å². The topological polar surface area (TPSA) is 71.4 Å². The molecule has 0 aliphatic carbocycles. The van der Waals surface area contributed by atoms with Crippen LogP contribution in [0.3, 0.4) is 0 Å². The summed E-state index contributed by atoms with van der Waals surface area (Å²) in [4.78, 5) is 34.9.